The minimum absolute atomic E-state index is 0.224. The summed E-state index contributed by atoms with van der Waals surface area (Å²) < 4.78 is 5.76. The highest BCUT2D eigenvalue weighted by molar-refractivity contribution is 5.76. The Hall–Kier alpha value is -0.610. The zero-order valence-corrected chi connectivity index (χ0v) is 11.0. The van der Waals surface area contributed by atoms with Crippen LogP contribution in [0, 0.1) is 5.92 Å². The fraction of sp³-hybridized carbons (Fsp3) is 0.929. The number of ether oxygens (including phenoxy) is 1. The van der Waals surface area contributed by atoms with Gasteiger partial charge in [0, 0.05) is 6.42 Å². The Bertz CT molecular complexity index is 302. The molecule has 0 saturated carbocycles. The number of hydrogen-bond donors (Lipinski definition) is 2. The first-order valence-electron chi connectivity index (χ1n) is 7.47. The van der Waals surface area contributed by atoms with Crippen LogP contribution in [0.4, 0.5) is 0 Å². The molecule has 0 aromatic carbocycles. The Morgan fingerprint density at radius 1 is 1.33 bits per heavy atom. The molecule has 3 saturated heterocycles. The average Bonchev–Trinajstić information content (AvgIpc) is 3.00. The summed E-state index contributed by atoms with van der Waals surface area (Å²) in [6.45, 7) is 2.23. The van der Waals surface area contributed by atoms with Crippen molar-refractivity contribution >= 4 is 5.91 Å². The second-order valence-corrected chi connectivity index (χ2v) is 6.03. The molecule has 2 bridgehead atoms. The molecule has 0 aliphatic carbocycles. The molecule has 1 amide bonds. The summed E-state index contributed by atoms with van der Waals surface area (Å²) in [6, 6.07) is 0.292. The zero-order chi connectivity index (χ0) is 12.4. The first-order chi connectivity index (χ1) is 8.81. The molecule has 4 heteroatoms. The van der Waals surface area contributed by atoms with E-state index in [0.29, 0.717) is 30.6 Å². The molecule has 0 aromatic rings. The van der Waals surface area contributed by atoms with Gasteiger partial charge in [-0.1, -0.05) is 0 Å². The zero-order valence-electron chi connectivity index (χ0n) is 11.0. The third-order valence-corrected chi connectivity index (χ3v) is 4.63. The summed E-state index contributed by atoms with van der Waals surface area (Å²) in [5.74, 6) is 0.919. The quantitative estimate of drug-likeness (QED) is 0.790. The third kappa shape index (κ3) is 2.86. The molecule has 18 heavy (non-hydrogen) atoms. The number of amides is 1. The molecular weight excluding hydrogens is 228 g/mol. The molecule has 4 atom stereocenters. The summed E-state index contributed by atoms with van der Waals surface area (Å²) in [4.78, 5) is 11.9. The van der Waals surface area contributed by atoms with E-state index in [-0.39, 0.29) is 5.91 Å². The van der Waals surface area contributed by atoms with Gasteiger partial charge in [0.25, 0.3) is 0 Å². The average molecular weight is 252 g/mol. The third-order valence-electron chi connectivity index (χ3n) is 4.63. The van der Waals surface area contributed by atoms with Gasteiger partial charge in [-0.05, 0) is 57.5 Å². The Kier molecular flexibility index (Phi) is 3.85. The van der Waals surface area contributed by atoms with Crippen molar-refractivity contribution in [2.45, 2.75) is 63.2 Å². The van der Waals surface area contributed by atoms with Crippen molar-refractivity contribution in [3.8, 4) is 0 Å². The molecule has 102 valence electrons. The monoisotopic (exact) mass is 252 g/mol. The maximum absolute atomic E-state index is 11.9. The topological polar surface area (TPSA) is 50.4 Å². The molecule has 4 unspecified atom stereocenters. The fourth-order valence-electron chi connectivity index (χ4n) is 3.57. The van der Waals surface area contributed by atoms with Gasteiger partial charge in [-0.2, -0.15) is 0 Å². The number of carbonyl (C=O) groups excluding carboxylic acids is 1. The van der Waals surface area contributed by atoms with E-state index in [1.165, 1.54) is 19.3 Å². The van der Waals surface area contributed by atoms with Crippen LogP contribution in [0.25, 0.3) is 0 Å². The van der Waals surface area contributed by atoms with E-state index in [4.69, 9.17) is 4.74 Å². The molecule has 4 nitrogen and oxygen atoms in total. The molecule has 3 fully saturated rings. The highest BCUT2D eigenvalue weighted by atomic mass is 16.5. The first-order valence-corrected chi connectivity index (χ1v) is 7.47. The Morgan fingerprint density at radius 2 is 2.28 bits per heavy atom. The van der Waals surface area contributed by atoms with Crippen LogP contribution < -0.4 is 10.6 Å². The van der Waals surface area contributed by atoms with Crippen molar-refractivity contribution in [2.75, 3.05) is 13.1 Å². The molecule has 0 aromatic heterocycles. The number of carbonyl (C=O) groups is 1. The smallest absolute Gasteiger partial charge is 0.220 e. The Labute approximate surface area is 109 Å². The lowest BCUT2D eigenvalue weighted by Gasteiger charge is -2.23. The summed E-state index contributed by atoms with van der Waals surface area (Å²) >= 11 is 0. The van der Waals surface area contributed by atoms with Crippen LogP contribution in [0.15, 0.2) is 0 Å². The summed E-state index contributed by atoms with van der Waals surface area (Å²) in [5, 5.41) is 6.57. The van der Waals surface area contributed by atoms with Crippen molar-refractivity contribution in [1.82, 2.24) is 10.6 Å². The van der Waals surface area contributed by atoms with Gasteiger partial charge in [-0.25, -0.2) is 0 Å². The summed E-state index contributed by atoms with van der Waals surface area (Å²) in [7, 11) is 0. The summed E-state index contributed by atoms with van der Waals surface area (Å²) in [5.41, 5.74) is 0. The van der Waals surface area contributed by atoms with Gasteiger partial charge in [-0.3, -0.25) is 4.79 Å². The lowest BCUT2D eigenvalue weighted by molar-refractivity contribution is -0.122. The lowest BCUT2D eigenvalue weighted by Crippen LogP contribution is -2.41. The molecule has 3 rings (SSSR count). The number of fused-ring (bicyclic) bond motifs is 2. The fourth-order valence-corrected chi connectivity index (χ4v) is 3.57. The van der Waals surface area contributed by atoms with Gasteiger partial charge in [0.1, 0.15) is 0 Å². The number of nitrogens with one attached hydrogen (secondary N) is 2. The normalized spacial score (nSPS) is 38.9. The predicted molar refractivity (Wildman–Crippen MR) is 69.3 cm³/mol. The highest BCUT2D eigenvalue weighted by Crippen LogP contribution is 2.34. The summed E-state index contributed by atoms with van der Waals surface area (Å²) in [6.07, 6.45) is 8.30. The van der Waals surface area contributed by atoms with Crippen molar-refractivity contribution < 1.29 is 9.53 Å². The second kappa shape index (κ2) is 5.57. The van der Waals surface area contributed by atoms with Gasteiger partial charge in [0.2, 0.25) is 5.91 Å². The van der Waals surface area contributed by atoms with Gasteiger partial charge < -0.3 is 15.4 Å². The maximum Gasteiger partial charge on any atom is 0.220 e. The molecule has 3 aliphatic heterocycles. The van der Waals surface area contributed by atoms with Crippen molar-refractivity contribution in [1.29, 1.82) is 0 Å². The lowest BCUT2D eigenvalue weighted by atomic mass is 9.93. The molecule has 0 radical (unpaired) electrons. The van der Waals surface area contributed by atoms with Crippen LogP contribution in [0.1, 0.15) is 44.9 Å². The van der Waals surface area contributed by atoms with Crippen LogP contribution in [0.5, 0.6) is 0 Å². The largest absolute Gasteiger partial charge is 0.373 e. The van der Waals surface area contributed by atoms with Gasteiger partial charge >= 0.3 is 0 Å². The van der Waals surface area contributed by atoms with E-state index in [9.17, 15) is 4.79 Å². The standard InChI is InChI=1S/C14H24N2O2/c17-14(6-3-10-2-1-7-15-9-10)16-12-8-11-4-5-13(12)18-11/h10-13,15H,1-9H2,(H,16,17). The highest BCUT2D eigenvalue weighted by Gasteiger charge is 2.41. The van der Waals surface area contributed by atoms with E-state index >= 15 is 0 Å². The van der Waals surface area contributed by atoms with E-state index < -0.39 is 0 Å². The number of piperidine rings is 1. The van der Waals surface area contributed by atoms with E-state index in [0.717, 1.165) is 32.4 Å². The molecule has 0 spiro atoms. The maximum atomic E-state index is 11.9. The number of hydrogen-bond acceptors (Lipinski definition) is 3. The number of rotatable bonds is 4. The molecule has 3 heterocycles. The molecule has 2 N–H and O–H groups in total. The first kappa shape index (κ1) is 12.4. The van der Waals surface area contributed by atoms with Crippen LogP contribution >= 0.6 is 0 Å². The van der Waals surface area contributed by atoms with Crippen LogP contribution in [0.2, 0.25) is 0 Å². The molecular formula is C14H24N2O2. The van der Waals surface area contributed by atoms with Gasteiger partial charge in [-0.15, -0.1) is 0 Å². The predicted octanol–water partition coefficient (Wildman–Crippen LogP) is 1.20. The van der Waals surface area contributed by atoms with Crippen LogP contribution in [-0.2, 0) is 9.53 Å². The van der Waals surface area contributed by atoms with Gasteiger partial charge in [0.15, 0.2) is 0 Å². The SMILES string of the molecule is O=C(CCC1CCCNC1)NC1CC2CCC1O2. The van der Waals surface area contributed by atoms with Gasteiger partial charge in [0.05, 0.1) is 18.2 Å². The van der Waals surface area contributed by atoms with Crippen molar-refractivity contribution in [3.05, 3.63) is 0 Å². The van der Waals surface area contributed by atoms with E-state index in [2.05, 4.69) is 10.6 Å². The van der Waals surface area contributed by atoms with E-state index in [1.54, 1.807) is 0 Å². The van der Waals surface area contributed by atoms with E-state index in [1.807, 2.05) is 0 Å². The van der Waals surface area contributed by atoms with Crippen LogP contribution in [-0.4, -0.2) is 37.2 Å². The Balaban J connectivity index is 1.36. The minimum atomic E-state index is 0.224. The van der Waals surface area contributed by atoms with Crippen LogP contribution in [0.3, 0.4) is 0 Å². The van der Waals surface area contributed by atoms with Crippen molar-refractivity contribution in [3.63, 3.8) is 0 Å². The second-order valence-electron chi connectivity index (χ2n) is 6.03. The molecule has 3 aliphatic rings. The Morgan fingerprint density at radius 3 is 2.94 bits per heavy atom. The minimum Gasteiger partial charge on any atom is -0.373 e. The van der Waals surface area contributed by atoms with Crippen molar-refractivity contribution in [2.24, 2.45) is 5.92 Å².